The molecule has 0 aliphatic carbocycles. The van der Waals surface area contributed by atoms with Crippen molar-refractivity contribution >= 4 is 39.8 Å². The summed E-state index contributed by atoms with van der Waals surface area (Å²) in [4.78, 5) is 36.0. The first kappa shape index (κ1) is 25.4. The van der Waals surface area contributed by atoms with Crippen LogP contribution in [0.25, 0.3) is 10.9 Å². The number of halogens is 3. The zero-order chi connectivity index (χ0) is 26.7. The molecular weight excluding hydrogens is 489 g/mol. The fourth-order valence-corrected chi connectivity index (χ4v) is 3.90. The molecule has 0 fully saturated rings. The van der Waals surface area contributed by atoms with Gasteiger partial charge in [-0.05, 0) is 61.0 Å². The van der Waals surface area contributed by atoms with E-state index in [1.807, 2.05) is 6.92 Å². The Bertz CT molecular complexity index is 1490. The van der Waals surface area contributed by atoms with E-state index in [0.29, 0.717) is 23.3 Å². The highest BCUT2D eigenvalue weighted by Crippen LogP contribution is 2.30. The van der Waals surface area contributed by atoms with Crippen LogP contribution in [-0.2, 0) is 12.7 Å². The summed E-state index contributed by atoms with van der Waals surface area (Å²) in [5, 5.41) is 17.0. The molecule has 2 amide bonds. The van der Waals surface area contributed by atoms with Crippen molar-refractivity contribution in [1.82, 2.24) is 4.57 Å². The quantitative estimate of drug-likeness (QED) is 0.219. The topological polar surface area (TPSA) is 106 Å². The van der Waals surface area contributed by atoms with Crippen LogP contribution >= 0.6 is 0 Å². The van der Waals surface area contributed by atoms with Crippen LogP contribution in [0.2, 0.25) is 0 Å². The number of nitrogens with zero attached hydrogens (tertiary/aromatic N) is 2. The fourth-order valence-electron chi connectivity index (χ4n) is 3.90. The van der Waals surface area contributed by atoms with Crippen molar-refractivity contribution in [2.45, 2.75) is 26.1 Å². The van der Waals surface area contributed by atoms with Crippen LogP contribution in [0.4, 0.5) is 30.2 Å². The third-order valence-electron chi connectivity index (χ3n) is 5.63. The van der Waals surface area contributed by atoms with E-state index in [1.54, 1.807) is 28.8 Å². The molecule has 0 unspecified atom stereocenters. The summed E-state index contributed by atoms with van der Waals surface area (Å²) in [6, 6.07) is 16.2. The Morgan fingerprint density at radius 2 is 1.59 bits per heavy atom. The number of aryl methyl sites for hydroxylation is 1. The molecule has 0 atom stereocenters. The summed E-state index contributed by atoms with van der Waals surface area (Å²) in [7, 11) is 0. The summed E-state index contributed by atoms with van der Waals surface area (Å²) in [6.07, 6.45) is -3.76. The first-order valence-corrected chi connectivity index (χ1v) is 11.2. The molecule has 0 radical (unpaired) electrons. The number of alkyl halides is 3. The SMILES string of the molecule is CCCn1c(C(=O)Nc2ccc(C(F)(F)F)cc2)cc2cc(NC(=O)c3cccc([N+](=O)[O-])c3)ccc21. The van der Waals surface area contributed by atoms with E-state index in [0.717, 1.165) is 24.1 Å². The fraction of sp³-hybridized carbons (Fsp3) is 0.154. The van der Waals surface area contributed by atoms with Gasteiger partial charge >= 0.3 is 6.18 Å². The number of amides is 2. The predicted molar refractivity (Wildman–Crippen MR) is 133 cm³/mol. The van der Waals surface area contributed by atoms with Gasteiger partial charge in [0.15, 0.2) is 0 Å². The van der Waals surface area contributed by atoms with E-state index >= 15 is 0 Å². The van der Waals surface area contributed by atoms with Crippen molar-refractivity contribution in [1.29, 1.82) is 0 Å². The van der Waals surface area contributed by atoms with E-state index in [4.69, 9.17) is 0 Å². The molecule has 11 heteroatoms. The van der Waals surface area contributed by atoms with Crippen molar-refractivity contribution in [3.05, 3.63) is 99.7 Å². The molecule has 3 aromatic carbocycles. The summed E-state index contributed by atoms with van der Waals surface area (Å²) in [5.41, 5.74) is 0.776. The zero-order valence-corrected chi connectivity index (χ0v) is 19.5. The number of rotatable bonds is 7. The normalized spacial score (nSPS) is 11.4. The van der Waals surface area contributed by atoms with Gasteiger partial charge in [0.25, 0.3) is 17.5 Å². The molecule has 1 aromatic heterocycles. The summed E-state index contributed by atoms with van der Waals surface area (Å²) in [5.74, 6) is -1.03. The second kappa shape index (κ2) is 10.1. The van der Waals surface area contributed by atoms with E-state index in [9.17, 15) is 32.9 Å². The Labute approximate surface area is 208 Å². The smallest absolute Gasteiger partial charge is 0.336 e. The number of carbonyl (C=O) groups excluding carboxylic acids is 2. The highest BCUT2D eigenvalue weighted by molar-refractivity contribution is 6.08. The third-order valence-corrected chi connectivity index (χ3v) is 5.63. The second-order valence-corrected chi connectivity index (χ2v) is 8.25. The van der Waals surface area contributed by atoms with E-state index in [-0.39, 0.29) is 16.9 Å². The minimum Gasteiger partial charge on any atom is -0.336 e. The van der Waals surface area contributed by atoms with Crippen LogP contribution in [0.1, 0.15) is 39.8 Å². The molecule has 0 saturated heterocycles. The lowest BCUT2D eigenvalue weighted by atomic mass is 10.1. The number of benzene rings is 3. The maximum absolute atomic E-state index is 13.0. The van der Waals surface area contributed by atoms with Gasteiger partial charge < -0.3 is 15.2 Å². The van der Waals surface area contributed by atoms with Crippen molar-refractivity contribution in [3.63, 3.8) is 0 Å². The minimum atomic E-state index is -4.47. The molecule has 4 aromatic rings. The molecule has 8 nitrogen and oxygen atoms in total. The molecule has 190 valence electrons. The van der Waals surface area contributed by atoms with Crippen LogP contribution < -0.4 is 10.6 Å². The maximum Gasteiger partial charge on any atom is 0.416 e. The predicted octanol–water partition coefficient (Wildman–Crippen LogP) is 6.48. The van der Waals surface area contributed by atoms with Gasteiger partial charge in [-0.1, -0.05) is 13.0 Å². The van der Waals surface area contributed by atoms with Gasteiger partial charge in [0.1, 0.15) is 5.69 Å². The Hall–Kier alpha value is -4.67. The van der Waals surface area contributed by atoms with Gasteiger partial charge in [-0.25, -0.2) is 0 Å². The molecule has 2 N–H and O–H groups in total. The van der Waals surface area contributed by atoms with Crippen LogP contribution in [0.5, 0.6) is 0 Å². The number of carbonyl (C=O) groups is 2. The summed E-state index contributed by atoms with van der Waals surface area (Å²) < 4.78 is 40.2. The van der Waals surface area contributed by atoms with Crippen molar-refractivity contribution in [2.75, 3.05) is 10.6 Å². The van der Waals surface area contributed by atoms with E-state index < -0.39 is 28.5 Å². The third kappa shape index (κ3) is 5.61. The zero-order valence-electron chi connectivity index (χ0n) is 19.5. The number of aromatic nitrogens is 1. The molecule has 0 saturated carbocycles. The number of nitro groups is 1. The van der Waals surface area contributed by atoms with Gasteiger partial charge in [0.05, 0.1) is 10.5 Å². The first-order valence-electron chi connectivity index (χ1n) is 11.2. The van der Waals surface area contributed by atoms with Crippen molar-refractivity contribution < 1.29 is 27.7 Å². The maximum atomic E-state index is 13.0. The lowest BCUT2D eigenvalue weighted by molar-refractivity contribution is -0.384. The average Bonchev–Trinajstić information content (AvgIpc) is 3.22. The minimum absolute atomic E-state index is 0.120. The molecule has 0 aliphatic heterocycles. The largest absolute Gasteiger partial charge is 0.416 e. The summed E-state index contributed by atoms with van der Waals surface area (Å²) >= 11 is 0. The average molecular weight is 510 g/mol. The monoisotopic (exact) mass is 510 g/mol. The number of nitro benzene ring substituents is 1. The lowest BCUT2D eigenvalue weighted by Crippen LogP contribution is -2.17. The summed E-state index contributed by atoms with van der Waals surface area (Å²) in [6.45, 7) is 2.45. The number of anilines is 2. The van der Waals surface area contributed by atoms with Crippen molar-refractivity contribution in [2.24, 2.45) is 0 Å². The number of hydrogen-bond donors (Lipinski definition) is 2. The number of fused-ring (bicyclic) bond motifs is 1. The number of nitrogens with one attached hydrogen (secondary N) is 2. The Kier molecular flexibility index (Phi) is 6.96. The van der Waals surface area contributed by atoms with Crippen LogP contribution in [0.3, 0.4) is 0 Å². The lowest BCUT2D eigenvalue weighted by Gasteiger charge is -2.11. The standard InChI is InChI=1S/C26H21F3N4O4/c1-2-12-32-22-11-10-20(31-24(34)16-4-3-5-21(14-16)33(36)37)13-17(22)15-23(32)25(35)30-19-8-6-18(7-9-19)26(27,28)29/h3-11,13-15H,2,12H2,1H3,(H,30,35)(H,31,34). The van der Waals surface area contributed by atoms with Gasteiger partial charge in [0.2, 0.25) is 0 Å². The molecule has 1 heterocycles. The van der Waals surface area contributed by atoms with Gasteiger partial charge in [0, 0.05) is 46.5 Å². The van der Waals surface area contributed by atoms with E-state index in [1.165, 1.54) is 36.4 Å². The molecule has 0 aliphatic rings. The van der Waals surface area contributed by atoms with Gasteiger partial charge in [-0.2, -0.15) is 13.2 Å². The number of hydrogen-bond acceptors (Lipinski definition) is 4. The van der Waals surface area contributed by atoms with E-state index in [2.05, 4.69) is 10.6 Å². The Balaban J connectivity index is 1.59. The van der Waals surface area contributed by atoms with Gasteiger partial charge in [-0.3, -0.25) is 19.7 Å². The molecule has 0 bridgehead atoms. The first-order chi connectivity index (χ1) is 17.6. The highest BCUT2D eigenvalue weighted by atomic mass is 19.4. The molecule has 0 spiro atoms. The Morgan fingerprint density at radius 3 is 2.24 bits per heavy atom. The second-order valence-electron chi connectivity index (χ2n) is 8.25. The van der Waals surface area contributed by atoms with Crippen molar-refractivity contribution in [3.8, 4) is 0 Å². The molecular formula is C26H21F3N4O4. The van der Waals surface area contributed by atoms with Gasteiger partial charge in [-0.15, -0.1) is 0 Å². The number of non-ortho nitro benzene ring substituents is 1. The Morgan fingerprint density at radius 1 is 0.919 bits per heavy atom. The highest BCUT2D eigenvalue weighted by Gasteiger charge is 2.30. The van der Waals surface area contributed by atoms with Crippen LogP contribution in [0, 0.1) is 10.1 Å². The van der Waals surface area contributed by atoms with Crippen LogP contribution in [0.15, 0.2) is 72.8 Å². The molecule has 4 rings (SSSR count). The molecule has 37 heavy (non-hydrogen) atoms. The van der Waals surface area contributed by atoms with Crippen LogP contribution in [-0.4, -0.2) is 21.3 Å².